The number of rotatable bonds is 5. The van der Waals surface area contributed by atoms with E-state index in [4.69, 9.17) is 9.47 Å². The van der Waals surface area contributed by atoms with E-state index in [0.717, 1.165) is 24.3 Å². The first kappa shape index (κ1) is 12.8. The largest absolute Gasteiger partial charge is 0.454 e. The summed E-state index contributed by atoms with van der Waals surface area (Å²) in [6, 6.07) is 4.93. The van der Waals surface area contributed by atoms with Crippen LogP contribution in [-0.4, -0.2) is 30.8 Å². The summed E-state index contributed by atoms with van der Waals surface area (Å²) in [6.45, 7) is 7.31. The van der Waals surface area contributed by atoms with Gasteiger partial charge in [-0.3, -0.25) is 4.90 Å². The third-order valence-electron chi connectivity index (χ3n) is 4.17. The van der Waals surface area contributed by atoms with Crippen LogP contribution < -0.4 is 9.47 Å². The van der Waals surface area contributed by atoms with Gasteiger partial charge in [0.05, 0.1) is 0 Å². The lowest BCUT2D eigenvalue weighted by Gasteiger charge is -2.27. The van der Waals surface area contributed by atoms with Crippen LogP contribution in [0.25, 0.3) is 0 Å². The van der Waals surface area contributed by atoms with Crippen LogP contribution in [0.3, 0.4) is 0 Å². The molecule has 1 aromatic rings. The van der Waals surface area contributed by atoms with Gasteiger partial charge in [0.2, 0.25) is 6.79 Å². The van der Waals surface area contributed by atoms with Crippen molar-refractivity contribution in [3.8, 4) is 11.5 Å². The second-order valence-electron chi connectivity index (χ2n) is 5.54. The van der Waals surface area contributed by atoms with Crippen LogP contribution in [0, 0.1) is 0 Å². The number of hydrogen-bond donors (Lipinski definition) is 0. The molecule has 3 heteroatoms. The lowest BCUT2D eigenvalue weighted by molar-refractivity contribution is 0.172. The van der Waals surface area contributed by atoms with Crippen molar-refractivity contribution in [2.45, 2.75) is 45.6 Å². The Labute approximate surface area is 115 Å². The van der Waals surface area contributed by atoms with Crippen LogP contribution in [0.1, 0.15) is 37.8 Å². The van der Waals surface area contributed by atoms with Gasteiger partial charge in [-0.05, 0) is 50.4 Å². The van der Waals surface area contributed by atoms with E-state index in [1.165, 1.54) is 37.1 Å². The van der Waals surface area contributed by atoms with Crippen LogP contribution in [0.4, 0.5) is 0 Å². The van der Waals surface area contributed by atoms with Crippen molar-refractivity contribution >= 4 is 0 Å². The summed E-state index contributed by atoms with van der Waals surface area (Å²) < 4.78 is 11.1. The molecule has 19 heavy (non-hydrogen) atoms. The lowest BCUT2D eigenvalue weighted by atomic mass is 10.1. The Balaban J connectivity index is 1.79. The maximum atomic E-state index is 5.65. The van der Waals surface area contributed by atoms with Crippen LogP contribution in [0.5, 0.6) is 11.5 Å². The minimum Gasteiger partial charge on any atom is -0.454 e. The summed E-state index contributed by atoms with van der Waals surface area (Å²) in [7, 11) is 0. The fourth-order valence-corrected chi connectivity index (χ4v) is 3.36. The molecule has 1 aliphatic carbocycles. The molecule has 3 nitrogen and oxygen atoms in total. The second kappa shape index (κ2) is 5.41. The SMILES string of the molecule is CCCN(CCC)C1Cc2ccc3c(c2C1)OCO3. The highest BCUT2D eigenvalue weighted by Gasteiger charge is 2.31. The highest BCUT2D eigenvalue weighted by molar-refractivity contribution is 5.54. The van der Waals surface area contributed by atoms with Crippen LogP contribution >= 0.6 is 0 Å². The zero-order chi connectivity index (χ0) is 13.2. The maximum absolute atomic E-state index is 5.65. The van der Waals surface area contributed by atoms with Crippen molar-refractivity contribution in [1.82, 2.24) is 4.90 Å². The van der Waals surface area contributed by atoms with Gasteiger partial charge >= 0.3 is 0 Å². The van der Waals surface area contributed by atoms with Gasteiger partial charge in [0.1, 0.15) is 0 Å². The van der Waals surface area contributed by atoms with Gasteiger partial charge < -0.3 is 9.47 Å². The molecule has 1 unspecified atom stereocenters. The number of nitrogens with zero attached hydrogens (tertiary/aromatic N) is 1. The van der Waals surface area contributed by atoms with Gasteiger partial charge in [0, 0.05) is 11.6 Å². The summed E-state index contributed by atoms with van der Waals surface area (Å²) in [6.07, 6.45) is 4.73. The normalized spacial score (nSPS) is 20.1. The number of ether oxygens (including phenoxy) is 2. The molecule has 3 rings (SSSR count). The fraction of sp³-hybridized carbons (Fsp3) is 0.625. The summed E-state index contributed by atoms with van der Waals surface area (Å²) in [4.78, 5) is 2.64. The summed E-state index contributed by atoms with van der Waals surface area (Å²) in [5.41, 5.74) is 2.84. The molecular formula is C16H23NO2. The van der Waals surface area contributed by atoms with Gasteiger partial charge in [0.25, 0.3) is 0 Å². The number of hydrogen-bond acceptors (Lipinski definition) is 3. The van der Waals surface area contributed by atoms with E-state index in [0.29, 0.717) is 12.8 Å². The Bertz CT molecular complexity index is 452. The Kier molecular flexibility index (Phi) is 3.65. The summed E-state index contributed by atoms with van der Waals surface area (Å²) in [5, 5.41) is 0. The average Bonchev–Trinajstić information content (AvgIpc) is 3.03. The standard InChI is InChI=1S/C16H23NO2/c1-3-7-17(8-4-2)13-9-12-5-6-15-16(14(12)10-13)19-11-18-15/h5-6,13H,3-4,7-11H2,1-2H3. The number of fused-ring (bicyclic) bond motifs is 3. The van der Waals surface area contributed by atoms with E-state index in [1.807, 2.05) is 0 Å². The average molecular weight is 261 g/mol. The molecule has 1 aromatic carbocycles. The molecule has 0 bridgehead atoms. The Hall–Kier alpha value is -1.22. The Morgan fingerprint density at radius 3 is 2.63 bits per heavy atom. The van der Waals surface area contributed by atoms with E-state index in [1.54, 1.807) is 0 Å². The lowest BCUT2D eigenvalue weighted by Crippen LogP contribution is -2.37. The third-order valence-corrected chi connectivity index (χ3v) is 4.17. The topological polar surface area (TPSA) is 21.7 Å². The van der Waals surface area contributed by atoms with Crippen LogP contribution in [0.15, 0.2) is 12.1 Å². The molecule has 0 saturated carbocycles. The highest BCUT2D eigenvalue weighted by Crippen LogP contribution is 2.42. The smallest absolute Gasteiger partial charge is 0.231 e. The predicted octanol–water partition coefficient (Wildman–Crippen LogP) is 3.00. The molecule has 104 valence electrons. The van der Waals surface area contributed by atoms with E-state index in [9.17, 15) is 0 Å². The molecular weight excluding hydrogens is 238 g/mol. The van der Waals surface area contributed by atoms with Crippen LogP contribution in [-0.2, 0) is 12.8 Å². The molecule has 0 radical (unpaired) electrons. The molecule has 0 N–H and O–H groups in total. The van der Waals surface area contributed by atoms with Crippen molar-refractivity contribution in [3.63, 3.8) is 0 Å². The first-order chi connectivity index (χ1) is 9.33. The quantitative estimate of drug-likeness (QED) is 0.813. The molecule has 2 aliphatic rings. The minimum atomic E-state index is 0.379. The number of benzene rings is 1. The summed E-state index contributed by atoms with van der Waals surface area (Å²) >= 11 is 0. The third kappa shape index (κ3) is 2.32. The molecule has 0 saturated heterocycles. The molecule has 0 fully saturated rings. The van der Waals surface area contributed by atoms with Crippen molar-refractivity contribution in [1.29, 1.82) is 0 Å². The Morgan fingerprint density at radius 2 is 1.89 bits per heavy atom. The zero-order valence-electron chi connectivity index (χ0n) is 11.9. The molecule has 1 atom stereocenters. The molecule has 0 amide bonds. The van der Waals surface area contributed by atoms with E-state index >= 15 is 0 Å². The van der Waals surface area contributed by atoms with E-state index in [2.05, 4.69) is 30.9 Å². The van der Waals surface area contributed by atoms with Crippen molar-refractivity contribution in [3.05, 3.63) is 23.3 Å². The van der Waals surface area contributed by atoms with Gasteiger partial charge in [-0.25, -0.2) is 0 Å². The molecule has 1 heterocycles. The van der Waals surface area contributed by atoms with Crippen molar-refractivity contribution < 1.29 is 9.47 Å². The molecule has 0 spiro atoms. The van der Waals surface area contributed by atoms with Crippen molar-refractivity contribution in [2.75, 3.05) is 19.9 Å². The first-order valence-electron chi connectivity index (χ1n) is 7.47. The maximum Gasteiger partial charge on any atom is 0.231 e. The van der Waals surface area contributed by atoms with Gasteiger partial charge in [0.15, 0.2) is 11.5 Å². The molecule has 0 aromatic heterocycles. The molecule has 1 aliphatic heterocycles. The van der Waals surface area contributed by atoms with Gasteiger partial charge in [-0.15, -0.1) is 0 Å². The van der Waals surface area contributed by atoms with Crippen LogP contribution in [0.2, 0.25) is 0 Å². The monoisotopic (exact) mass is 261 g/mol. The fourth-order valence-electron chi connectivity index (χ4n) is 3.36. The zero-order valence-corrected chi connectivity index (χ0v) is 11.9. The van der Waals surface area contributed by atoms with E-state index < -0.39 is 0 Å². The van der Waals surface area contributed by atoms with Crippen molar-refractivity contribution in [2.24, 2.45) is 0 Å². The Morgan fingerprint density at radius 1 is 1.11 bits per heavy atom. The summed E-state index contributed by atoms with van der Waals surface area (Å²) in [5.74, 6) is 1.94. The second-order valence-corrected chi connectivity index (χ2v) is 5.54. The highest BCUT2D eigenvalue weighted by atomic mass is 16.7. The first-order valence-corrected chi connectivity index (χ1v) is 7.47. The van der Waals surface area contributed by atoms with E-state index in [-0.39, 0.29) is 0 Å². The minimum absolute atomic E-state index is 0.379. The van der Waals surface area contributed by atoms with Gasteiger partial charge in [-0.1, -0.05) is 19.9 Å². The van der Waals surface area contributed by atoms with Gasteiger partial charge in [-0.2, -0.15) is 0 Å². The predicted molar refractivity (Wildman–Crippen MR) is 75.9 cm³/mol.